The second kappa shape index (κ2) is 10.6. The molecule has 1 rings (SSSR count). The van der Waals surface area contributed by atoms with Gasteiger partial charge in [0.05, 0.1) is 0 Å². The fourth-order valence-corrected chi connectivity index (χ4v) is 3.36. The van der Waals surface area contributed by atoms with Crippen LogP contribution in [0.3, 0.4) is 0 Å². The first-order valence-electron chi connectivity index (χ1n) is 8.30. The number of rotatable bonds is 10. The number of nitrogens with one attached hydrogen (secondary N) is 1. The van der Waals surface area contributed by atoms with Crippen LogP contribution >= 0.6 is 27.5 Å². The van der Waals surface area contributed by atoms with E-state index in [4.69, 9.17) is 11.6 Å². The Bertz CT molecular complexity index is 408. The molecule has 21 heavy (non-hydrogen) atoms. The van der Waals surface area contributed by atoms with Crippen LogP contribution in [0, 0.1) is 5.92 Å². The van der Waals surface area contributed by atoms with Gasteiger partial charge in [-0.1, -0.05) is 74.0 Å². The van der Waals surface area contributed by atoms with Crippen LogP contribution in [0.25, 0.3) is 0 Å². The predicted octanol–water partition coefficient (Wildman–Crippen LogP) is 6.75. The highest BCUT2D eigenvalue weighted by Gasteiger charge is 2.19. The Morgan fingerprint density at radius 3 is 2.57 bits per heavy atom. The van der Waals surface area contributed by atoms with Gasteiger partial charge in [0.15, 0.2) is 0 Å². The lowest BCUT2D eigenvalue weighted by Crippen LogP contribution is -2.25. The summed E-state index contributed by atoms with van der Waals surface area (Å²) in [5.74, 6) is 0.773. The molecule has 1 aromatic rings. The van der Waals surface area contributed by atoms with Crippen molar-refractivity contribution in [1.29, 1.82) is 0 Å². The average molecular weight is 375 g/mol. The Balaban J connectivity index is 2.85. The van der Waals surface area contributed by atoms with Crippen LogP contribution < -0.4 is 5.32 Å². The molecule has 3 heteroatoms. The molecule has 0 aliphatic heterocycles. The molecule has 1 aromatic carbocycles. The van der Waals surface area contributed by atoms with Gasteiger partial charge < -0.3 is 5.32 Å². The summed E-state index contributed by atoms with van der Waals surface area (Å²) in [6, 6.07) is 6.53. The van der Waals surface area contributed by atoms with Gasteiger partial charge in [-0.15, -0.1) is 0 Å². The number of hydrogen-bond donors (Lipinski definition) is 1. The molecule has 1 N–H and O–H groups in total. The van der Waals surface area contributed by atoms with Crippen LogP contribution in [0.2, 0.25) is 5.02 Å². The van der Waals surface area contributed by atoms with Crippen LogP contribution in [0.5, 0.6) is 0 Å². The van der Waals surface area contributed by atoms with E-state index >= 15 is 0 Å². The Morgan fingerprint density at radius 1 is 1.19 bits per heavy atom. The molecule has 0 radical (unpaired) electrons. The molecule has 0 bridgehead atoms. The largest absolute Gasteiger partial charge is 0.310 e. The van der Waals surface area contributed by atoms with Crippen molar-refractivity contribution in [3.05, 3.63) is 33.3 Å². The molecule has 0 aromatic heterocycles. The van der Waals surface area contributed by atoms with Gasteiger partial charge in [0.25, 0.3) is 0 Å². The second-order valence-corrected chi connectivity index (χ2v) is 7.15. The van der Waals surface area contributed by atoms with E-state index in [1.807, 2.05) is 12.1 Å². The molecular weight excluding hydrogens is 346 g/mol. The molecule has 1 nitrogen and oxygen atoms in total. The van der Waals surface area contributed by atoms with Gasteiger partial charge in [0.2, 0.25) is 0 Å². The van der Waals surface area contributed by atoms with Crippen LogP contribution in [0.15, 0.2) is 22.7 Å². The molecule has 0 amide bonds. The first-order valence-corrected chi connectivity index (χ1v) is 9.47. The van der Waals surface area contributed by atoms with Crippen molar-refractivity contribution < 1.29 is 0 Å². The summed E-state index contributed by atoms with van der Waals surface area (Å²) >= 11 is 10.0. The molecule has 0 saturated heterocycles. The lowest BCUT2D eigenvalue weighted by molar-refractivity contribution is 0.353. The maximum absolute atomic E-state index is 6.44. The van der Waals surface area contributed by atoms with Gasteiger partial charge in [-0.3, -0.25) is 0 Å². The fraction of sp³-hybridized carbons (Fsp3) is 0.667. The van der Waals surface area contributed by atoms with Crippen molar-refractivity contribution in [1.82, 2.24) is 5.32 Å². The van der Waals surface area contributed by atoms with E-state index in [2.05, 4.69) is 48.1 Å². The zero-order chi connectivity index (χ0) is 15.7. The second-order valence-electron chi connectivity index (χ2n) is 5.82. The lowest BCUT2D eigenvalue weighted by atomic mass is 9.89. The van der Waals surface area contributed by atoms with Gasteiger partial charge >= 0.3 is 0 Å². The molecule has 0 saturated carbocycles. The van der Waals surface area contributed by atoms with Gasteiger partial charge in [-0.25, -0.2) is 0 Å². The molecule has 2 atom stereocenters. The Morgan fingerprint density at radius 2 is 1.95 bits per heavy atom. The topological polar surface area (TPSA) is 12.0 Å². The van der Waals surface area contributed by atoms with Crippen LogP contribution in [0.1, 0.15) is 70.9 Å². The molecule has 0 fully saturated rings. The smallest absolute Gasteiger partial charge is 0.0454 e. The first kappa shape index (κ1) is 19.0. The van der Waals surface area contributed by atoms with E-state index in [0.717, 1.165) is 28.4 Å². The van der Waals surface area contributed by atoms with Crippen molar-refractivity contribution in [2.75, 3.05) is 6.54 Å². The van der Waals surface area contributed by atoms with Crippen LogP contribution in [0.4, 0.5) is 0 Å². The normalized spacial score (nSPS) is 14.1. The summed E-state index contributed by atoms with van der Waals surface area (Å²) in [6.07, 6.45) is 7.49. The monoisotopic (exact) mass is 373 g/mol. The zero-order valence-corrected chi connectivity index (χ0v) is 15.9. The number of halogens is 2. The molecule has 0 aliphatic rings. The summed E-state index contributed by atoms with van der Waals surface area (Å²) in [7, 11) is 0. The fourth-order valence-electron chi connectivity index (χ4n) is 2.74. The predicted molar refractivity (Wildman–Crippen MR) is 98.1 cm³/mol. The molecule has 120 valence electrons. The summed E-state index contributed by atoms with van der Waals surface area (Å²) < 4.78 is 1.10. The van der Waals surface area contributed by atoms with Crippen molar-refractivity contribution in [3.8, 4) is 0 Å². The minimum atomic E-state index is 0.358. The van der Waals surface area contributed by atoms with E-state index < -0.39 is 0 Å². The SMILES string of the molecule is CCCCC(CC)CC(NCCC)c1cc(Br)ccc1Cl. The van der Waals surface area contributed by atoms with Crippen molar-refractivity contribution in [2.45, 2.75) is 65.3 Å². The van der Waals surface area contributed by atoms with Crippen LogP contribution in [-0.4, -0.2) is 6.54 Å². The molecule has 2 unspecified atom stereocenters. The third-order valence-electron chi connectivity index (χ3n) is 4.09. The maximum Gasteiger partial charge on any atom is 0.0454 e. The highest BCUT2D eigenvalue weighted by Crippen LogP contribution is 2.32. The van der Waals surface area contributed by atoms with E-state index in [0.29, 0.717) is 6.04 Å². The number of hydrogen-bond acceptors (Lipinski definition) is 1. The summed E-state index contributed by atoms with van der Waals surface area (Å²) in [5.41, 5.74) is 1.23. The number of benzene rings is 1. The van der Waals surface area contributed by atoms with Crippen molar-refractivity contribution >= 4 is 27.5 Å². The molecular formula is C18H29BrClN. The van der Waals surface area contributed by atoms with E-state index in [9.17, 15) is 0 Å². The minimum absolute atomic E-state index is 0.358. The zero-order valence-electron chi connectivity index (χ0n) is 13.6. The highest BCUT2D eigenvalue weighted by molar-refractivity contribution is 9.10. The molecule has 0 heterocycles. The van der Waals surface area contributed by atoms with Gasteiger partial charge in [0, 0.05) is 15.5 Å². The maximum atomic E-state index is 6.44. The van der Waals surface area contributed by atoms with Gasteiger partial charge in [-0.05, 0) is 49.1 Å². The standard InChI is InChI=1S/C18H29BrClN/c1-4-7-8-14(6-3)12-18(21-11-5-2)16-13-15(19)9-10-17(16)20/h9-10,13-14,18,21H,4-8,11-12H2,1-3H3. The number of unbranched alkanes of at least 4 members (excludes halogenated alkanes) is 1. The molecule has 0 spiro atoms. The Labute approximate surface area is 144 Å². The minimum Gasteiger partial charge on any atom is -0.310 e. The van der Waals surface area contributed by atoms with Crippen molar-refractivity contribution in [3.63, 3.8) is 0 Å². The van der Waals surface area contributed by atoms with Gasteiger partial charge in [0.1, 0.15) is 0 Å². The first-order chi connectivity index (χ1) is 10.1. The quantitative estimate of drug-likeness (QED) is 0.477. The summed E-state index contributed by atoms with van der Waals surface area (Å²) in [5, 5.41) is 4.56. The van der Waals surface area contributed by atoms with E-state index in [1.165, 1.54) is 37.7 Å². The van der Waals surface area contributed by atoms with Crippen molar-refractivity contribution in [2.24, 2.45) is 5.92 Å². The third kappa shape index (κ3) is 6.71. The summed E-state index contributed by atoms with van der Waals surface area (Å²) in [6.45, 7) is 7.82. The van der Waals surface area contributed by atoms with E-state index in [-0.39, 0.29) is 0 Å². The summed E-state index contributed by atoms with van der Waals surface area (Å²) in [4.78, 5) is 0. The molecule has 0 aliphatic carbocycles. The van der Waals surface area contributed by atoms with Gasteiger partial charge in [-0.2, -0.15) is 0 Å². The highest BCUT2D eigenvalue weighted by atomic mass is 79.9. The van der Waals surface area contributed by atoms with E-state index in [1.54, 1.807) is 0 Å². The average Bonchev–Trinajstić information content (AvgIpc) is 2.49. The lowest BCUT2D eigenvalue weighted by Gasteiger charge is -2.25. The Kier molecular flexibility index (Phi) is 9.62. The van der Waals surface area contributed by atoms with Crippen LogP contribution in [-0.2, 0) is 0 Å². The third-order valence-corrected chi connectivity index (χ3v) is 4.92. The Hall–Kier alpha value is -0.0500.